The van der Waals surface area contributed by atoms with E-state index in [4.69, 9.17) is 5.73 Å². The van der Waals surface area contributed by atoms with Crippen LogP contribution < -0.4 is 5.73 Å². The molecule has 0 aliphatic rings. The number of nitrogens with two attached hydrogens (primary N) is 1. The Hall–Kier alpha value is -3.29. The Kier molecular flexibility index (Phi) is 5.03. The fourth-order valence-electron chi connectivity index (χ4n) is 2.93. The Morgan fingerprint density at radius 2 is 1.84 bits per heavy atom. The van der Waals surface area contributed by atoms with Crippen LogP contribution in [0.4, 0.5) is 18.9 Å². The molecule has 0 saturated carbocycles. The van der Waals surface area contributed by atoms with E-state index in [2.05, 4.69) is 17.2 Å². The lowest BCUT2D eigenvalue weighted by atomic mass is 10.2. The van der Waals surface area contributed by atoms with Crippen molar-refractivity contribution in [2.75, 3.05) is 12.0 Å². The molecule has 4 rings (SSSR count). The van der Waals surface area contributed by atoms with E-state index in [1.54, 1.807) is 24.3 Å². The van der Waals surface area contributed by atoms with Gasteiger partial charge in [0.25, 0.3) is 0 Å². The predicted molar refractivity (Wildman–Crippen MR) is 113 cm³/mol. The van der Waals surface area contributed by atoms with E-state index >= 15 is 0 Å². The van der Waals surface area contributed by atoms with Gasteiger partial charge < -0.3 is 5.73 Å². The third-order valence-electron chi connectivity index (χ3n) is 4.38. The highest BCUT2D eigenvalue weighted by Gasteiger charge is 2.35. The first-order valence-corrected chi connectivity index (χ1v) is 11.5. The summed E-state index contributed by atoms with van der Waals surface area (Å²) < 4.78 is 64.8. The molecule has 0 unspecified atom stereocenters. The topological polar surface area (TPSA) is 78.0 Å². The maximum Gasteiger partial charge on any atom is 0.435 e. The second-order valence-electron chi connectivity index (χ2n) is 6.73. The number of anilines is 1. The minimum Gasteiger partial charge on any atom is -0.398 e. The first-order valence-electron chi connectivity index (χ1n) is 8.79. The first kappa shape index (κ1) is 21.0. The summed E-state index contributed by atoms with van der Waals surface area (Å²) in [6.07, 6.45) is -3.52. The van der Waals surface area contributed by atoms with E-state index in [1.807, 2.05) is 0 Å². The quantitative estimate of drug-likeness (QED) is 0.470. The lowest BCUT2D eigenvalue weighted by Gasteiger charge is -2.05. The largest absolute Gasteiger partial charge is 0.435 e. The smallest absolute Gasteiger partial charge is 0.398 e. The number of halogens is 3. The molecule has 10 heteroatoms. The van der Waals surface area contributed by atoms with Crippen LogP contribution in [0, 0.1) is 12.1 Å². The molecule has 0 saturated heterocycles. The fraction of sp³-hybridized carbons (Fsp3) is 0.0952. The van der Waals surface area contributed by atoms with Gasteiger partial charge in [-0.15, -0.1) is 11.3 Å². The van der Waals surface area contributed by atoms with Crippen LogP contribution in [0.25, 0.3) is 26.7 Å². The third kappa shape index (κ3) is 4.28. The molecule has 0 radical (unpaired) electrons. The molecule has 0 aliphatic heterocycles. The molecule has 158 valence electrons. The van der Waals surface area contributed by atoms with Crippen LogP contribution in [0.5, 0.6) is 0 Å². The Bertz CT molecular complexity index is 1370. The van der Waals surface area contributed by atoms with E-state index in [0.29, 0.717) is 21.0 Å². The zero-order chi connectivity index (χ0) is 22.4. The number of nitrogen functional groups attached to an aromatic ring is 1. The molecule has 2 aromatic carbocycles. The summed E-state index contributed by atoms with van der Waals surface area (Å²) in [6, 6.07) is 19.0. The van der Waals surface area contributed by atoms with Gasteiger partial charge in [0.15, 0.2) is 15.5 Å². The number of alkyl halides is 3. The monoisotopic (exact) mass is 461 g/mol. The molecule has 2 aromatic heterocycles. The van der Waals surface area contributed by atoms with E-state index in [1.165, 1.54) is 35.6 Å². The average molecular weight is 461 g/mol. The van der Waals surface area contributed by atoms with Gasteiger partial charge in [-0.05, 0) is 48.0 Å². The van der Waals surface area contributed by atoms with Crippen molar-refractivity contribution in [2.24, 2.45) is 0 Å². The van der Waals surface area contributed by atoms with Gasteiger partial charge in [-0.1, -0.05) is 18.2 Å². The van der Waals surface area contributed by atoms with Crippen LogP contribution in [0.2, 0.25) is 0 Å². The molecule has 0 atom stereocenters. The maximum absolute atomic E-state index is 13.3. The summed E-state index contributed by atoms with van der Waals surface area (Å²) in [6.45, 7) is 0. The molecule has 2 heterocycles. The second-order valence-corrected chi connectivity index (χ2v) is 9.83. The molecular formula is C21H14F3N3O2S2. The van der Waals surface area contributed by atoms with Gasteiger partial charge in [-0.3, -0.25) is 0 Å². The molecule has 0 spiro atoms. The standard InChI is InChI=1S/C21H14F3N3O2S2/c1-31(28,29)16-7-2-4-13(10-16)18-8-9-19(30-18)17-12-20(21(22,23)24)26-27(17)15-6-3-5-14(25)11-15/h2,4-5,7-12H,25H2,1H3. The molecule has 4 aromatic rings. The first-order chi connectivity index (χ1) is 14.5. The van der Waals surface area contributed by atoms with Crippen molar-refractivity contribution in [3.05, 3.63) is 72.4 Å². The normalized spacial score (nSPS) is 12.0. The van der Waals surface area contributed by atoms with Crippen LogP contribution in [-0.4, -0.2) is 24.5 Å². The second kappa shape index (κ2) is 7.44. The molecule has 2 N–H and O–H groups in total. The zero-order valence-corrected chi connectivity index (χ0v) is 17.6. The van der Waals surface area contributed by atoms with Crippen molar-refractivity contribution in [3.8, 4) is 26.7 Å². The summed E-state index contributed by atoms with van der Waals surface area (Å²) >= 11 is 1.22. The zero-order valence-electron chi connectivity index (χ0n) is 15.9. The van der Waals surface area contributed by atoms with Crippen LogP contribution in [0.15, 0.2) is 59.5 Å². The van der Waals surface area contributed by atoms with Crippen LogP contribution >= 0.6 is 11.3 Å². The Labute approximate surface area is 180 Å². The highest BCUT2D eigenvalue weighted by Crippen LogP contribution is 2.38. The SMILES string of the molecule is CS(=O)(=O)c1cccc(-c2ccc(-c3cc(C(F)(F)F)nn3-c3c#ccc(N)c3)s2)c1. The van der Waals surface area contributed by atoms with Gasteiger partial charge in [-0.2, -0.15) is 18.3 Å². The number of sulfone groups is 1. The van der Waals surface area contributed by atoms with Gasteiger partial charge >= 0.3 is 6.18 Å². The molecule has 5 nitrogen and oxygen atoms in total. The molecule has 0 aliphatic carbocycles. The summed E-state index contributed by atoms with van der Waals surface area (Å²) in [5, 5.41) is 3.71. The lowest BCUT2D eigenvalue weighted by Crippen LogP contribution is -2.07. The summed E-state index contributed by atoms with van der Waals surface area (Å²) in [5.74, 6) is 0. The summed E-state index contributed by atoms with van der Waals surface area (Å²) in [4.78, 5) is 1.37. The summed E-state index contributed by atoms with van der Waals surface area (Å²) in [7, 11) is -3.39. The number of rotatable bonds is 4. The minimum atomic E-state index is -4.63. The highest BCUT2D eigenvalue weighted by molar-refractivity contribution is 7.90. The van der Waals surface area contributed by atoms with Gasteiger partial charge in [0.1, 0.15) is 5.69 Å². The van der Waals surface area contributed by atoms with Crippen molar-refractivity contribution in [2.45, 2.75) is 11.1 Å². The van der Waals surface area contributed by atoms with E-state index < -0.39 is 21.7 Å². The predicted octanol–water partition coefficient (Wildman–Crippen LogP) is 4.87. The number of hydrogen-bond donors (Lipinski definition) is 1. The molecule has 0 amide bonds. The fourth-order valence-corrected chi connectivity index (χ4v) is 4.60. The van der Waals surface area contributed by atoms with Crippen molar-refractivity contribution in [1.29, 1.82) is 0 Å². The minimum absolute atomic E-state index is 0.161. The van der Waals surface area contributed by atoms with Gasteiger partial charge in [0.2, 0.25) is 0 Å². The van der Waals surface area contributed by atoms with Gasteiger partial charge in [0.05, 0.1) is 15.5 Å². The Morgan fingerprint density at radius 3 is 2.52 bits per heavy atom. The van der Waals surface area contributed by atoms with Crippen molar-refractivity contribution >= 4 is 26.9 Å². The number of hydrogen-bond acceptors (Lipinski definition) is 5. The summed E-state index contributed by atoms with van der Waals surface area (Å²) in [5.41, 5.74) is 6.08. The highest BCUT2D eigenvalue weighted by atomic mass is 32.2. The van der Waals surface area contributed by atoms with Gasteiger partial charge in [-0.25, -0.2) is 13.1 Å². The molecule has 0 bridgehead atoms. The Balaban J connectivity index is 1.83. The van der Waals surface area contributed by atoms with Crippen LogP contribution in [0.1, 0.15) is 5.69 Å². The van der Waals surface area contributed by atoms with E-state index in [9.17, 15) is 21.6 Å². The molecule has 31 heavy (non-hydrogen) atoms. The maximum atomic E-state index is 13.3. The molecule has 0 fully saturated rings. The number of aromatic nitrogens is 2. The van der Waals surface area contributed by atoms with Crippen molar-refractivity contribution in [3.63, 3.8) is 0 Å². The molecular weight excluding hydrogens is 447 g/mol. The van der Waals surface area contributed by atoms with E-state index in [-0.39, 0.29) is 16.3 Å². The van der Waals surface area contributed by atoms with Gasteiger partial charge in [0, 0.05) is 22.9 Å². The third-order valence-corrected chi connectivity index (χ3v) is 6.64. The van der Waals surface area contributed by atoms with E-state index in [0.717, 1.165) is 17.0 Å². The van der Waals surface area contributed by atoms with Crippen LogP contribution in [-0.2, 0) is 16.0 Å². The van der Waals surface area contributed by atoms with Crippen LogP contribution in [0.3, 0.4) is 0 Å². The number of benzene rings is 1. The number of nitrogens with zero attached hydrogens (tertiary/aromatic N) is 2. The Morgan fingerprint density at radius 1 is 1.10 bits per heavy atom. The van der Waals surface area contributed by atoms with Crippen molar-refractivity contribution < 1.29 is 21.6 Å². The van der Waals surface area contributed by atoms with Crippen molar-refractivity contribution in [1.82, 2.24) is 9.78 Å². The number of thiophene rings is 1. The average Bonchev–Trinajstić information content (AvgIpc) is 3.34. The lowest BCUT2D eigenvalue weighted by molar-refractivity contribution is -0.141.